The molecule has 0 bridgehead atoms. The maximum absolute atomic E-state index is 9.05. The van der Waals surface area contributed by atoms with Gasteiger partial charge >= 0.3 is 0 Å². The molecule has 3 heteroatoms. The Morgan fingerprint density at radius 3 is 1.95 bits per heavy atom. The summed E-state index contributed by atoms with van der Waals surface area (Å²) in [7, 11) is 0. The standard InChI is InChI=1S/C34H29N3/c1-18(2)22-9-6-10-23(19(3)4)30(22)21-15-28-26-13-7-11-24-25-12-8-14-27-32(25)37(31(24)26)33(28)29(16-21)36-20(5)17-35-34(27)36/h6-19H,1-5H3/i5D3,18D,19D. The van der Waals surface area contributed by atoms with Crippen LogP contribution < -0.4 is 0 Å². The number of para-hydroxylation sites is 2. The lowest BCUT2D eigenvalue weighted by Crippen LogP contribution is -2.00. The van der Waals surface area contributed by atoms with Crippen LogP contribution in [-0.4, -0.2) is 13.8 Å². The number of aromatic nitrogens is 3. The van der Waals surface area contributed by atoms with Crippen LogP contribution in [0.5, 0.6) is 0 Å². The first-order valence-corrected chi connectivity index (χ1v) is 12.7. The zero-order valence-electron chi connectivity index (χ0n) is 26.3. The molecule has 4 aromatic carbocycles. The van der Waals surface area contributed by atoms with Crippen LogP contribution in [0.1, 0.15) is 63.2 Å². The number of benzene rings is 4. The predicted octanol–water partition coefficient (Wildman–Crippen LogP) is 9.30. The van der Waals surface area contributed by atoms with Gasteiger partial charge in [0.05, 0.1) is 22.1 Å². The third-order valence-electron chi connectivity index (χ3n) is 8.09. The molecule has 0 aliphatic carbocycles. The van der Waals surface area contributed by atoms with Crippen molar-refractivity contribution in [3.63, 3.8) is 0 Å². The highest BCUT2D eigenvalue weighted by molar-refractivity contribution is 6.29. The fraction of sp³-hybridized carbons (Fsp3) is 0.206. The molecule has 0 radical (unpaired) electrons. The van der Waals surface area contributed by atoms with Crippen molar-refractivity contribution in [1.82, 2.24) is 13.8 Å². The molecule has 0 N–H and O–H groups in total. The van der Waals surface area contributed by atoms with Crippen LogP contribution in [0.25, 0.3) is 65.8 Å². The maximum atomic E-state index is 9.05. The van der Waals surface area contributed by atoms with Gasteiger partial charge in [-0.15, -0.1) is 0 Å². The number of rotatable bonds is 3. The Hall–Kier alpha value is -4.11. The van der Waals surface area contributed by atoms with E-state index in [9.17, 15) is 0 Å². The third kappa shape index (κ3) is 2.49. The van der Waals surface area contributed by atoms with Gasteiger partial charge in [-0.25, -0.2) is 4.98 Å². The largest absolute Gasteiger partial charge is 0.305 e. The molecular formula is C34H29N3. The van der Waals surface area contributed by atoms with Crippen LogP contribution in [-0.2, 0) is 0 Å². The SMILES string of the molecule is [2H]C([2H])([2H])c1cnc2c3cccc4c5cccc6c7cc(-c8c(C([2H])(C)C)cccc8C([2H])(C)C)cc(c7n(c56)c43)n12. The Balaban J connectivity index is 1.70. The van der Waals surface area contributed by atoms with E-state index in [0.29, 0.717) is 5.65 Å². The van der Waals surface area contributed by atoms with E-state index >= 15 is 0 Å². The van der Waals surface area contributed by atoms with Crippen LogP contribution in [0.3, 0.4) is 0 Å². The lowest BCUT2D eigenvalue weighted by Gasteiger charge is -2.20. The lowest BCUT2D eigenvalue weighted by atomic mass is 9.84. The summed E-state index contributed by atoms with van der Waals surface area (Å²) in [5.74, 6) is -1.86. The summed E-state index contributed by atoms with van der Waals surface area (Å²) >= 11 is 0. The van der Waals surface area contributed by atoms with Crippen molar-refractivity contribution >= 4 is 54.6 Å². The Morgan fingerprint density at radius 2 is 1.30 bits per heavy atom. The zero-order valence-corrected chi connectivity index (χ0v) is 21.3. The quantitative estimate of drug-likeness (QED) is 0.245. The highest BCUT2D eigenvalue weighted by Crippen LogP contribution is 2.46. The van der Waals surface area contributed by atoms with Gasteiger partial charge in [-0.05, 0) is 59.1 Å². The van der Waals surface area contributed by atoms with Crippen molar-refractivity contribution in [3.8, 4) is 11.1 Å². The first-order chi connectivity index (χ1) is 19.8. The molecule has 8 aromatic rings. The van der Waals surface area contributed by atoms with Crippen molar-refractivity contribution < 1.29 is 6.85 Å². The minimum atomic E-state index is -2.39. The van der Waals surface area contributed by atoms with E-state index in [1.807, 2.05) is 62.4 Å². The van der Waals surface area contributed by atoms with E-state index in [4.69, 9.17) is 11.8 Å². The van der Waals surface area contributed by atoms with Gasteiger partial charge in [-0.2, -0.15) is 0 Å². The summed E-state index contributed by atoms with van der Waals surface area (Å²) in [6.45, 7) is 5.09. The maximum Gasteiger partial charge on any atom is 0.146 e. The van der Waals surface area contributed by atoms with Crippen LogP contribution in [0.4, 0.5) is 0 Å². The molecule has 180 valence electrons. The van der Waals surface area contributed by atoms with Crippen LogP contribution >= 0.6 is 0 Å². The van der Waals surface area contributed by atoms with E-state index in [0.717, 1.165) is 71.3 Å². The molecule has 0 amide bonds. The highest BCUT2D eigenvalue weighted by atomic mass is 15.0. The van der Waals surface area contributed by atoms with Crippen LogP contribution in [0, 0.1) is 6.85 Å². The average Bonchev–Trinajstić information content (AvgIpc) is 3.58. The highest BCUT2D eigenvalue weighted by Gasteiger charge is 2.25. The average molecular weight is 485 g/mol. The van der Waals surface area contributed by atoms with E-state index in [2.05, 4.69) is 40.8 Å². The molecule has 4 heterocycles. The Morgan fingerprint density at radius 1 is 0.703 bits per heavy atom. The van der Waals surface area contributed by atoms with Gasteiger partial charge in [0.1, 0.15) is 5.65 Å². The van der Waals surface area contributed by atoms with E-state index in [1.54, 1.807) is 0 Å². The molecule has 0 fully saturated rings. The summed E-state index contributed by atoms with van der Waals surface area (Å²) in [4.78, 5) is 4.74. The normalized spacial score (nSPS) is 15.8. The number of hydrogen-bond donors (Lipinski definition) is 0. The second-order valence-electron chi connectivity index (χ2n) is 10.7. The molecule has 0 spiro atoms. The monoisotopic (exact) mass is 484 g/mol. The van der Waals surface area contributed by atoms with Crippen molar-refractivity contribution in [1.29, 1.82) is 0 Å². The predicted molar refractivity (Wildman–Crippen MR) is 157 cm³/mol. The topological polar surface area (TPSA) is 21.7 Å². The van der Waals surface area contributed by atoms with Crippen molar-refractivity contribution in [2.45, 2.75) is 46.3 Å². The van der Waals surface area contributed by atoms with Crippen LogP contribution in [0.15, 0.2) is 72.9 Å². The first kappa shape index (κ1) is 16.6. The molecule has 0 unspecified atom stereocenters. The molecule has 0 aliphatic rings. The number of aryl methyl sites for hydroxylation is 1. The van der Waals surface area contributed by atoms with E-state index < -0.39 is 18.6 Å². The van der Waals surface area contributed by atoms with Gasteiger partial charge in [0, 0.05) is 45.7 Å². The Bertz CT molecular complexity index is 2330. The Labute approximate surface area is 222 Å². The van der Waals surface area contributed by atoms with Crippen molar-refractivity contribution in [2.75, 3.05) is 0 Å². The number of nitrogens with zero attached hydrogens (tertiary/aromatic N) is 3. The van der Waals surface area contributed by atoms with Gasteiger partial charge in [0.25, 0.3) is 0 Å². The molecular weight excluding hydrogens is 450 g/mol. The first-order valence-electron chi connectivity index (χ1n) is 15.2. The molecule has 0 atom stereocenters. The van der Waals surface area contributed by atoms with Gasteiger partial charge < -0.3 is 4.40 Å². The lowest BCUT2D eigenvalue weighted by molar-refractivity contribution is 0.838. The molecule has 0 saturated heterocycles. The number of imidazole rings is 1. The minimum absolute atomic E-state index is 0.155. The van der Waals surface area contributed by atoms with Crippen LogP contribution in [0.2, 0.25) is 0 Å². The van der Waals surface area contributed by atoms with Gasteiger partial charge in [0.15, 0.2) is 0 Å². The number of hydrogen-bond acceptors (Lipinski definition) is 1. The summed E-state index contributed by atoms with van der Waals surface area (Å²) in [6, 6.07) is 22.6. The van der Waals surface area contributed by atoms with Gasteiger partial charge in [0.2, 0.25) is 0 Å². The van der Waals surface area contributed by atoms with Crippen molar-refractivity contribution in [3.05, 3.63) is 89.7 Å². The van der Waals surface area contributed by atoms with E-state index in [-0.39, 0.29) is 5.69 Å². The third-order valence-corrected chi connectivity index (χ3v) is 8.09. The second kappa shape index (κ2) is 7.01. The van der Waals surface area contributed by atoms with E-state index in [1.165, 1.54) is 6.20 Å². The molecule has 3 nitrogen and oxygen atoms in total. The minimum Gasteiger partial charge on any atom is -0.305 e. The molecule has 37 heavy (non-hydrogen) atoms. The smallest absolute Gasteiger partial charge is 0.146 e. The fourth-order valence-corrected chi connectivity index (χ4v) is 6.59. The van der Waals surface area contributed by atoms with Gasteiger partial charge in [-0.1, -0.05) is 76.2 Å². The summed E-state index contributed by atoms with van der Waals surface area (Å²) in [5.41, 5.74) is 7.90. The summed E-state index contributed by atoms with van der Waals surface area (Å²) in [5, 5.41) is 5.22. The zero-order chi connectivity index (χ0) is 29.5. The second-order valence-corrected chi connectivity index (χ2v) is 10.7. The molecule has 4 aromatic heterocycles. The summed E-state index contributed by atoms with van der Waals surface area (Å²) < 4.78 is 47.5. The van der Waals surface area contributed by atoms with Gasteiger partial charge in [-0.3, -0.25) is 4.40 Å². The molecule has 0 aliphatic heterocycles. The number of fused-ring (bicyclic) bond motifs is 5. The Kier molecular flexibility index (Phi) is 3.14. The summed E-state index contributed by atoms with van der Waals surface area (Å²) in [6.07, 6.45) is 1.48. The molecule has 8 rings (SSSR count). The van der Waals surface area contributed by atoms with Crippen molar-refractivity contribution in [2.24, 2.45) is 0 Å². The molecule has 0 saturated carbocycles. The fourth-order valence-electron chi connectivity index (χ4n) is 6.59.